The Hall–Kier alpha value is -3.02. The Kier molecular flexibility index (Phi) is 7.02. The summed E-state index contributed by atoms with van der Waals surface area (Å²) in [6, 6.07) is 14.9. The van der Waals surface area contributed by atoms with Crippen LogP contribution < -0.4 is 10.7 Å². The van der Waals surface area contributed by atoms with Gasteiger partial charge in [0, 0.05) is 5.56 Å². The molecule has 0 fully saturated rings. The van der Waals surface area contributed by atoms with Gasteiger partial charge in [0.2, 0.25) is 0 Å². The van der Waals surface area contributed by atoms with Gasteiger partial charge < -0.3 is 5.32 Å². The largest absolute Gasteiger partial charge is 0.343 e. The highest BCUT2D eigenvalue weighted by Crippen LogP contribution is 2.10. The monoisotopic (exact) mass is 355 g/mol. The Bertz CT molecular complexity index is 789. The maximum atomic E-state index is 13.1. The first-order valence-electron chi connectivity index (χ1n) is 8.40. The summed E-state index contributed by atoms with van der Waals surface area (Å²) in [5.41, 5.74) is 4.33. The molecule has 0 heterocycles. The Morgan fingerprint density at radius 1 is 1.04 bits per heavy atom. The Morgan fingerprint density at radius 2 is 1.73 bits per heavy atom. The van der Waals surface area contributed by atoms with Crippen molar-refractivity contribution in [2.75, 3.05) is 6.54 Å². The Morgan fingerprint density at radius 3 is 2.38 bits per heavy atom. The number of halogens is 1. The summed E-state index contributed by atoms with van der Waals surface area (Å²) < 4.78 is 13.1. The molecule has 0 unspecified atom stereocenters. The van der Waals surface area contributed by atoms with Gasteiger partial charge in [0.1, 0.15) is 5.82 Å². The van der Waals surface area contributed by atoms with Gasteiger partial charge in [-0.15, -0.1) is 0 Å². The molecule has 0 aliphatic rings. The Balaban J connectivity index is 1.94. The standard InChI is InChI=1S/C20H22FN3O2/c1-14(2)11-18(15-7-4-3-5-8-15)23-24-19(25)13-22-20(26)16-9-6-10-17(21)12-16/h3-10,12,14H,11,13H2,1-2H3,(H,22,26)(H,24,25)/b23-18+. The summed E-state index contributed by atoms with van der Waals surface area (Å²) in [7, 11) is 0. The lowest BCUT2D eigenvalue weighted by Crippen LogP contribution is -2.35. The number of rotatable bonds is 7. The number of nitrogens with zero attached hydrogens (tertiary/aromatic N) is 1. The molecule has 0 spiro atoms. The summed E-state index contributed by atoms with van der Waals surface area (Å²) in [6.45, 7) is 3.89. The lowest BCUT2D eigenvalue weighted by atomic mass is 10.0. The van der Waals surface area contributed by atoms with Crippen molar-refractivity contribution in [3.8, 4) is 0 Å². The third kappa shape index (κ3) is 6.12. The third-order valence-electron chi connectivity index (χ3n) is 3.52. The molecule has 2 rings (SSSR count). The molecule has 0 aliphatic carbocycles. The van der Waals surface area contributed by atoms with Crippen LogP contribution in [0.3, 0.4) is 0 Å². The fraction of sp³-hybridized carbons (Fsp3) is 0.250. The van der Waals surface area contributed by atoms with E-state index in [1.54, 1.807) is 0 Å². The molecule has 2 N–H and O–H groups in total. The summed E-state index contributed by atoms with van der Waals surface area (Å²) in [6.07, 6.45) is 0.708. The Labute approximate surface area is 152 Å². The molecule has 2 aromatic carbocycles. The van der Waals surface area contributed by atoms with Gasteiger partial charge in [0.15, 0.2) is 0 Å². The third-order valence-corrected chi connectivity index (χ3v) is 3.52. The zero-order chi connectivity index (χ0) is 18.9. The summed E-state index contributed by atoms with van der Waals surface area (Å²) in [5, 5.41) is 6.65. The second-order valence-electron chi connectivity index (χ2n) is 6.25. The van der Waals surface area contributed by atoms with E-state index >= 15 is 0 Å². The van der Waals surface area contributed by atoms with E-state index < -0.39 is 17.6 Å². The van der Waals surface area contributed by atoms with Gasteiger partial charge >= 0.3 is 0 Å². The lowest BCUT2D eigenvalue weighted by Gasteiger charge is -2.10. The van der Waals surface area contributed by atoms with E-state index in [2.05, 4.69) is 29.7 Å². The average Bonchev–Trinajstić information content (AvgIpc) is 2.63. The molecular formula is C20H22FN3O2. The predicted octanol–water partition coefficient (Wildman–Crippen LogP) is 3.12. The molecule has 2 amide bonds. The maximum absolute atomic E-state index is 13.1. The van der Waals surface area contributed by atoms with Crippen molar-refractivity contribution < 1.29 is 14.0 Å². The molecule has 0 saturated carbocycles. The molecule has 0 bridgehead atoms. The molecule has 0 radical (unpaired) electrons. The van der Waals surface area contributed by atoms with Gasteiger partial charge in [-0.25, -0.2) is 9.82 Å². The van der Waals surface area contributed by atoms with Crippen molar-refractivity contribution in [1.29, 1.82) is 0 Å². The van der Waals surface area contributed by atoms with Gasteiger partial charge in [-0.05, 0) is 36.1 Å². The van der Waals surface area contributed by atoms with Crippen molar-refractivity contribution in [2.24, 2.45) is 11.0 Å². The van der Waals surface area contributed by atoms with Crippen molar-refractivity contribution in [2.45, 2.75) is 20.3 Å². The molecule has 136 valence electrons. The molecular weight excluding hydrogens is 333 g/mol. The van der Waals surface area contributed by atoms with E-state index in [0.29, 0.717) is 12.3 Å². The molecule has 6 heteroatoms. The number of carbonyl (C=O) groups is 2. The first-order chi connectivity index (χ1) is 12.5. The number of hydrazone groups is 1. The van der Waals surface area contributed by atoms with E-state index in [4.69, 9.17) is 0 Å². The van der Waals surface area contributed by atoms with E-state index in [-0.39, 0.29) is 12.1 Å². The molecule has 26 heavy (non-hydrogen) atoms. The van der Waals surface area contributed by atoms with Crippen LogP contribution in [0.2, 0.25) is 0 Å². The number of hydrogen-bond donors (Lipinski definition) is 2. The quantitative estimate of drug-likeness (QED) is 0.592. The second-order valence-corrected chi connectivity index (χ2v) is 6.25. The normalized spacial score (nSPS) is 11.3. The summed E-state index contributed by atoms with van der Waals surface area (Å²) in [4.78, 5) is 23.9. The number of nitrogens with one attached hydrogen (secondary N) is 2. The number of benzene rings is 2. The highest BCUT2D eigenvalue weighted by molar-refractivity contribution is 6.01. The zero-order valence-electron chi connectivity index (χ0n) is 14.8. The molecule has 0 aromatic heterocycles. The minimum absolute atomic E-state index is 0.158. The van der Waals surface area contributed by atoms with Gasteiger partial charge in [-0.3, -0.25) is 9.59 Å². The van der Waals surface area contributed by atoms with Crippen LogP contribution in [0, 0.1) is 11.7 Å². The van der Waals surface area contributed by atoms with Gasteiger partial charge in [0.25, 0.3) is 11.8 Å². The fourth-order valence-electron chi connectivity index (χ4n) is 2.31. The summed E-state index contributed by atoms with van der Waals surface area (Å²) >= 11 is 0. The second kappa shape index (κ2) is 9.46. The van der Waals surface area contributed by atoms with Gasteiger partial charge in [-0.1, -0.05) is 50.2 Å². The minimum Gasteiger partial charge on any atom is -0.343 e. The first-order valence-corrected chi connectivity index (χ1v) is 8.40. The highest BCUT2D eigenvalue weighted by atomic mass is 19.1. The molecule has 2 aromatic rings. The number of hydrogen-bond acceptors (Lipinski definition) is 3. The van der Waals surface area contributed by atoms with Crippen LogP contribution in [-0.4, -0.2) is 24.1 Å². The van der Waals surface area contributed by atoms with Crippen molar-refractivity contribution in [3.63, 3.8) is 0 Å². The predicted molar refractivity (Wildman–Crippen MR) is 99.3 cm³/mol. The van der Waals surface area contributed by atoms with E-state index in [0.717, 1.165) is 17.3 Å². The maximum Gasteiger partial charge on any atom is 0.259 e. The van der Waals surface area contributed by atoms with Crippen LogP contribution in [0.15, 0.2) is 59.7 Å². The van der Waals surface area contributed by atoms with Crippen LogP contribution in [0.5, 0.6) is 0 Å². The number of amides is 2. The topological polar surface area (TPSA) is 70.6 Å². The van der Waals surface area contributed by atoms with Crippen LogP contribution in [0.25, 0.3) is 0 Å². The average molecular weight is 355 g/mol. The van der Waals surface area contributed by atoms with Crippen molar-refractivity contribution >= 4 is 17.5 Å². The highest BCUT2D eigenvalue weighted by Gasteiger charge is 2.10. The van der Waals surface area contributed by atoms with Crippen LogP contribution in [0.4, 0.5) is 4.39 Å². The van der Waals surface area contributed by atoms with Crippen LogP contribution in [-0.2, 0) is 4.79 Å². The van der Waals surface area contributed by atoms with Crippen molar-refractivity contribution in [1.82, 2.24) is 10.7 Å². The minimum atomic E-state index is -0.519. The SMILES string of the molecule is CC(C)C/C(=N\NC(=O)CNC(=O)c1cccc(F)c1)c1ccccc1. The first kappa shape index (κ1) is 19.3. The number of carbonyl (C=O) groups excluding carboxylic acids is 2. The van der Waals surface area contributed by atoms with Gasteiger partial charge in [-0.2, -0.15) is 5.10 Å². The fourth-order valence-corrected chi connectivity index (χ4v) is 2.31. The molecule has 0 aliphatic heterocycles. The van der Waals surface area contributed by atoms with E-state index in [1.165, 1.54) is 18.2 Å². The smallest absolute Gasteiger partial charge is 0.259 e. The molecule has 5 nitrogen and oxygen atoms in total. The lowest BCUT2D eigenvalue weighted by molar-refractivity contribution is -0.120. The van der Waals surface area contributed by atoms with E-state index in [1.807, 2.05) is 30.3 Å². The summed E-state index contributed by atoms with van der Waals surface area (Å²) in [5.74, 6) is -1.10. The van der Waals surface area contributed by atoms with Crippen molar-refractivity contribution in [3.05, 3.63) is 71.5 Å². The molecule has 0 saturated heterocycles. The molecule has 0 atom stereocenters. The van der Waals surface area contributed by atoms with Gasteiger partial charge in [0.05, 0.1) is 12.3 Å². The zero-order valence-corrected chi connectivity index (χ0v) is 14.8. The van der Waals surface area contributed by atoms with E-state index in [9.17, 15) is 14.0 Å². The van der Waals surface area contributed by atoms with Crippen LogP contribution >= 0.6 is 0 Å². The van der Waals surface area contributed by atoms with Crippen LogP contribution in [0.1, 0.15) is 36.2 Å².